The minimum Gasteiger partial charge on any atom is -0.376 e. The van der Waals surface area contributed by atoms with Gasteiger partial charge in [0.05, 0.1) is 11.3 Å². The van der Waals surface area contributed by atoms with Crippen molar-refractivity contribution >= 4 is 5.91 Å². The van der Waals surface area contributed by atoms with Crippen LogP contribution in [0.25, 0.3) is 0 Å². The molecule has 1 saturated heterocycles. The number of aromatic nitrogens is 2. The molecule has 0 aromatic carbocycles. The predicted octanol–water partition coefficient (Wildman–Crippen LogP) is 2.60. The Morgan fingerprint density at radius 2 is 2.17 bits per heavy atom. The fourth-order valence-corrected chi connectivity index (χ4v) is 3.59. The minimum atomic E-state index is -0.179. The third-order valence-corrected chi connectivity index (χ3v) is 5.25. The number of carbonyl (C=O) groups excluding carboxylic acids is 1. The number of aryl methyl sites for hydroxylation is 2. The molecule has 2 heterocycles. The van der Waals surface area contributed by atoms with Crippen molar-refractivity contribution in [1.29, 1.82) is 0 Å². The molecule has 1 saturated carbocycles. The monoisotopic (exact) mass is 319 g/mol. The Labute approximate surface area is 138 Å². The lowest BCUT2D eigenvalue weighted by Gasteiger charge is -2.35. The zero-order chi connectivity index (χ0) is 16.7. The van der Waals surface area contributed by atoms with E-state index in [1.807, 2.05) is 6.92 Å². The number of carbonyl (C=O) groups is 1. The summed E-state index contributed by atoms with van der Waals surface area (Å²) < 4.78 is 7.80. The fraction of sp³-hybridized carbons (Fsp3) is 0.778. The maximum absolute atomic E-state index is 12.5. The number of hydrogen-bond donors (Lipinski definition) is 1. The van der Waals surface area contributed by atoms with Gasteiger partial charge in [-0.3, -0.25) is 9.48 Å². The first kappa shape index (κ1) is 16.5. The Kier molecular flexibility index (Phi) is 4.25. The molecule has 1 unspecified atom stereocenters. The van der Waals surface area contributed by atoms with Gasteiger partial charge in [0.1, 0.15) is 0 Å². The molecule has 0 radical (unpaired) electrons. The van der Waals surface area contributed by atoms with Gasteiger partial charge in [-0.05, 0) is 59.4 Å². The lowest BCUT2D eigenvalue weighted by Crippen LogP contribution is -2.43. The Balaban J connectivity index is 1.53. The van der Waals surface area contributed by atoms with Crippen molar-refractivity contribution in [2.24, 2.45) is 11.3 Å². The van der Waals surface area contributed by atoms with Gasteiger partial charge in [0.2, 0.25) is 5.91 Å². The van der Waals surface area contributed by atoms with E-state index in [4.69, 9.17) is 4.74 Å². The third-order valence-electron chi connectivity index (χ3n) is 5.25. The standard InChI is InChI=1S/C18H29N3O2/c1-13-9-14(2)21(20-13)12-18(6-7-18)11-19-16(22)15-5-8-23-17(3,4)10-15/h9,15H,5-8,10-12H2,1-4H3,(H,19,22). The second-order valence-corrected chi connectivity index (χ2v) is 8.10. The second-order valence-electron chi connectivity index (χ2n) is 8.10. The molecule has 5 nitrogen and oxygen atoms in total. The zero-order valence-corrected chi connectivity index (χ0v) is 14.8. The van der Waals surface area contributed by atoms with Gasteiger partial charge in [0.25, 0.3) is 0 Å². The maximum atomic E-state index is 12.5. The van der Waals surface area contributed by atoms with Crippen LogP contribution in [-0.2, 0) is 16.1 Å². The molecule has 23 heavy (non-hydrogen) atoms. The van der Waals surface area contributed by atoms with Gasteiger partial charge < -0.3 is 10.1 Å². The van der Waals surface area contributed by atoms with Gasteiger partial charge in [0, 0.05) is 36.7 Å². The van der Waals surface area contributed by atoms with E-state index >= 15 is 0 Å². The summed E-state index contributed by atoms with van der Waals surface area (Å²) in [6.07, 6.45) is 3.98. The second kappa shape index (κ2) is 5.93. The number of rotatable bonds is 5. The molecule has 2 aliphatic rings. The van der Waals surface area contributed by atoms with E-state index < -0.39 is 0 Å². The normalized spacial score (nSPS) is 25.1. The molecule has 0 spiro atoms. The lowest BCUT2D eigenvalue weighted by atomic mass is 9.87. The van der Waals surface area contributed by atoms with Gasteiger partial charge >= 0.3 is 0 Å². The Hall–Kier alpha value is -1.36. The molecule has 2 fully saturated rings. The summed E-state index contributed by atoms with van der Waals surface area (Å²) in [6, 6.07) is 2.11. The van der Waals surface area contributed by atoms with Gasteiger partial charge in [0.15, 0.2) is 0 Å². The van der Waals surface area contributed by atoms with E-state index in [1.54, 1.807) is 0 Å². The van der Waals surface area contributed by atoms with Crippen molar-refractivity contribution in [2.75, 3.05) is 13.2 Å². The molecular formula is C18H29N3O2. The van der Waals surface area contributed by atoms with E-state index in [1.165, 1.54) is 18.5 Å². The van der Waals surface area contributed by atoms with Crippen molar-refractivity contribution in [3.05, 3.63) is 17.5 Å². The highest BCUT2D eigenvalue weighted by Crippen LogP contribution is 2.46. The summed E-state index contributed by atoms with van der Waals surface area (Å²) in [5, 5.41) is 7.76. The predicted molar refractivity (Wildman–Crippen MR) is 89.1 cm³/mol. The lowest BCUT2D eigenvalue weighted by molar-refractivity contribution is -0.135. The molecule has 1 aromatic heterocycles. The molecule has 128 valence electrons. The molecule has 1 atom stereocenters. The third kappa shape index (κ3) is 3.94. The van der Waals surface area contributed by atoms with Crippen LogP contribution in [0.5, 0.6) is 0 Å². The van der Waals surface area contributed by atoms with Crippen LogP contribution in [-0.4, -0.2) is 34.4 Å². The quantitative estimate of drug-likeness (QED) is 0.907. The summed E-state index contributed by atoms with van der Waals surface area (Å²) >= 11 is 0. The number of amides is 1. The number of ether oxygens (including phenoxy) is 1. The summed E-state index contributed by atoms with van der Waals surface area (Å²) in [7, 11) is 0. The molecule has 3 rings (SSSR count). The highest BCUT2D eigenvalue weighted by Gasteiger charge is 2.44. The number of nitrogens with zero attached hydrogens (tertiary/aromatic N) is 2. The van der Waals surface area contributed by atoms with Gasteiger partial charge in [-0.2, -0.15) is 5.10 Å². The summed E-state index contributed by atoms with van der Waals surface area (Å²) in [4.78, 5) is 12.5. The Morgan fingerprint density at radius 1 is 1.43 bits per heavy atom. The van der Waals surface area contributed by atoms with Crippen molar-refractivity contribution < 1.29 is 9.53 Å². The molecule has 1 N–H and O–H groups in total. The molecule has 0 bridgehead atoms. The van der Waals surface area contributed by atoms with Crippen LogP contribution in [0.3, 0.4) is 0 Å². The first-order chi connectivity index (χ1) is 10.8. The first-order valence-corrected chi connectivity index (χ1v) is 8.71. The van der Waals surface area contributed by atoms with Crippen molar-refractivity contribution in [1.82, 2.24) is 15.1 Å². The van der Waals surface area contributed by atoms with Crippen LogP contribution in [0.4, 0.5) is 0 Å². The average molecular weight is 319 g/mol. The Bertz CT molecular complexity index is 587. The van der Waals surface area contributed by atoms with Crippen LogP contribution in [0.1, 0.15) is 50.9 Å². The topological polar surface area (TPSA) is 56.2 Å². The van der Waals surface area contributed by atoms with E-state index in [2.05, 4.69) is 41.9 Å². The van der Waals surface area contributed by atoms with E-state index in [0.29, 0.717) is 6.61 Å². The summed E-state index contributed by atoms with van der Waals surface area (Å²) in [6.45, 7) is 10.6. The number of nitrogens with one attached hydrogen (secondary N) is 1. The maximum Gasteiger partial charge on any atom is 0.223 e. The van der Waals surface area contributed by atoms with Crippen LogP contribution in [0, 0.1) is 25.2 Å². The first-order valence-electron chi connectivity index (χ1n) is 8.71. The average Bonchev–Trinajstić information content (AvgIpc) is 3.15. The van der Waals surface area contributed by atoms with Gasteiger partial charge in [-0.1, -0.05) is 0 Å². The summed E-state index contributed by atoms with van der Waals surface area (Å²) in [5.41, 5.74) is 2.29. The van der Waals surface area contributed by atoms with Crippen molar-refractivity contribution in [3.8, 4) is 0 Å². The van der Waals surface area contributed by atoms with Crippen LogP contribution in [0.2, 0.25) is 0 Å². The van der Waals surface area contributed by atoms with Gasteiger partial charge in [-0.15, -0.1) is 0 Å². The van der Waals surface area contributed by atoms with Crippen molar-refractivity contribution in [2.45, 2.75) is 65.5 Å². The highest BCUT2D eigenvalue weighted by atomic mass is 16.5. The van der Waals surface area contributed by atoms with Crippen LogP contribution >= 0.6 is 0 Å². The fourth-order valence-electron chi connectivity index (χ4n) is 3.59. The molecular weight excluding hydrogens is 290 g/mol. The Morgan fingerprint density at radius 3 is 2.74 bits per heavy atom. The number of hydrogen-bond acceptors (Lipinski definition) is 3. The smallest absolute Gasteiger partial charge is 0.223 e. The molecule has 1 aliphatic carbocycles. The van der Waals surface area contributed by atoms with Crippen molar-refractivity contribution in [3.63, 3.8) is 0 Å². The SMILES string of the molecule is Cc1cc(C)n(CC2(CNC(=O)C3CCOC(C)(C)C3)CC2)n1. The van der Waals surface area contributed by atoms with Gasteiger partial charge in [-0.25, -0.2) is 0 Å². The molecule has 1 aromatic rings. The van der Waals surface area contributed by atoms with E-state index in [9.17, 15) is 4.79 Å². The van der Waals surface area contributed by atoms with Crippen LogP contribution in [0.15, 0.2) is 6.07 Å². The van der Waals surface area contributed by atoms with Crippen LogP contribution < -0.4 is 5.32 Å². The van der Waals surface area contributed by atoms with E-state index in [-0.39, 0.29) is 22.8 Å². The van der Waals surface area contributed by atoms with E-state index in [0.717, 1.165) is 31.6 Å². The summed E-state index contributed by atoms with van der Waals surface area (Å²) in [5.74, 6) is 0.282. The highest BCUT2D eigenvalue weighted by molar-refractivity contribution is 5.78. The molecule has 5 heteroatoms. The molecule has 1 aliphatic heterocycles. The zero-order valence-electron chi connectivity index (χ0n) is 14.8. The minimum absolute atomic E-state index is 0.0863. The molecule has 1 amide bonds. The largest absolute Gasteiger partial charge is 0.376 e.